The zero-order chi connectivity index (χ0) is 15.3. The molecule has 110 valence electrons. The van der Waals surface area contributed by atoms with E-state index in [0.717, 1.165) is 6.07 Å². The number of carbonyl (C=O) groups is 1. The van der Waals surface area contributed by atoms with Crippen LogP contribution in [0.25, 0.3) is 0 Å². The molecule has 0 atom stereocenters. The third kappa shape index (κ3) is 4.70. The molecule has 0 fully saturated rings. The van der Waals surface area contributed by atoms with E-state index in [9.17, 15) is 15.0 Å². The smallest absolute Gasteiger partial charge is 0.257 e. The molecular formula is C14H20N2O3S. The quantitative estimate of drug-likeness (QED) is 0.698. The van der Waals surface area contributed by atoms with Gasteiger partial charge in [0.25, 0.3) is 5.91 Å². The highest BCUT2D eigenvalue weighted by Crippen LogP contribution is 2.24. The molecule has 4 N–H and O–H groups in total. The summed E-state index contributed by atoms with van der Waals surface area (Å²) in [5.41, 5.74) is 5.63. The maximum atomic E-state index is 12.4. The summed E-state index contributed by atoms with van der Waals surface area (Å²) in [5, 5.41) is 19.0. The topological polar surface area (TPSA) is 86.8 Å². The third-order valence-corrected chi connectivity index (χ3v) is 2.92. The van der Waals surface area contributed by atoms with Gasteiger partial charge in [0.1, 0.15) is 11.5 Å². The fourth-order valence-corrected chi connectivity index (χ4v) is 1.92. The fourth-order valence-electron chi connectivity index (χ4n) is 1.83. The van der Waals surface area contributed by atoms with Crippen molar-refractivity contribution in [1.82, 2.24) is 4.90 Å². The number of nitrogens with two attached hydrogens (primary N) is 1. The van der Waals surface area contributed by atoms with Gasteiger partial charge >= 0.3 is 0 Å². The van der Waals surface area contributed by atoms with E-state index in [4.69, 9.17) is 18.0 Å². The maximum absolute atomic E-state index is 12.4. The monoisotopic (exact) mass is 296 g/mol. The van der Waals surface area contributed by atoms with Crippen LogP contribution in [0, 0.1) is 5.92 Å². The van der Waals surface area contributed by atoms with Gasteiger partial charge in [-0.2, -0.15) is 0 Å². The van der Waals surface area contributed by atoms with Crippen molar-refractivity contribution in [3.8, 4) is 11.5 Å². The second-order valence-electron chi connectivity index (χ2n) is 5.06. The van der Waals surface area contributed by atoms with E-state index in [1.165, 1.54) is 12.1 Å². The first-order valence-electron chi connectivity index (χ1n) is 6.40. The molecule has 1 aromatic rings. The predicted octanol–water partition coefficient (Wildman–Crippen LogP) is 1.87. The lowest BCUT2D eigenvalue weighted by molar-refractivity contribution is 0.0738. The summed E-state index contributed by atoms with van der Waals surface area (Å²) in [4.78, 5) is 14.4. The molecule has 0 saturated carbocycles. The average Bonchev–Trinajstić information content (AvgIpc) is 2.33. The van der Waals surface area contributed by atoms with E-state index in [0.29, 0.717) is 24.5 Å². The van der Waals surface area contributed by atoms with Gasteiger partial charge in [-0.15, -0.1) is 0 Å². The summed E-state index contributed by atoms with van der Waals surface area (Å²) in [6.07, 6.45) is 0.437. The summed E-state index contributed by atoms with van der Waals surface area (Å²) in [5.74, 6) is -0.339. The Morgan fingerprint density at radius 1 is 1.40 bits per heavy atom. The van der Waals surface area contributed by atoms with Crippen LogP contribution >= 0.6 is 12.2 Å². The minimum atomic E-state index is -0.299. The minimum Gasteiger partial charge on any atom is -0.508 e. The van der Waals surface area contributed by atoms with Crippen LogP contribution in [-0.2, 0) is 0 Å². The second kappa shape index (κ2) is 7.09. The first-order valence-corrected chi connectivity index (χ1v) is 6.81. The number of hydrogen-bond acceptors (Lipinski definition) is 4. The van der Waals surface area contributed by atoms with Crippen molar-refractivity contribution in [2.45, 2.75) is 20.3 Å². The van der Waals surface area contributed by atoms with Gasteiger partial charge in [0.15, 0.2) is 0 Å². The highest BCUT2D eigenvalue weighted by atomic mass is 32.1. The van der Waals surface area contributed by atoms with Gasteiger partial charge in [0.05, 0.1) is 10.6 Å². The molecular weight excluding hydrogens is 276 g/mol. The lowest BCUT2D eigenvalue weighted by Crippen LogP contribution is -2.36. The number of carbonyl (C=O) groups excluding carboxylic acids is 1. The van der Waals surface area contributed by atoms with E-state index in [1.54, 1.807) is 4.90 Å². The van der Waals surface area contributed by atoms with Crippen LogP contribution in [-0.4, -0.2) is 39.1 Å². The lowest BCUT2D eigenvalue weighted by atomic mass is 10.1. The number of hydrogen-bond donors (Lipinski definition) is 3. The van der Waals surface area contributed by atoms with E-state index in [-0.39, 0.29) is 28.9 Å². The Labute approximate surface area is 124 Å². The van der Waals surface area contributed by atoms with Crippen molar-refractivity contribution in [2.75, 3.05) is 13.1 Å². The second-order valence-corrected chi connectivity index (χ2v) is 5.59. The Morgan fingerprint density at radius 3 is 2.55 bits per heavy atom. The normalized spacial score (nSPS) is 10.6. The van der Waals surface area contributed by atoms with Crippen molar-refractivity contribution in [2.24, 2.45) is 11.7 Å². The van der Waals surface area contributed by atoms with E-state index in [1.807, 2.05) is 13.8 Å². The SMILES string of the molecule is CC(C)CN(CCC(N)=S)C(=O)c1ccc(O)cc1O. The number of aromatic hydroxyl groups is 2. The van der Waals surface area contributed by atoms with Crippen molar-refractivity contribution < 1.29 is 15.0 Å². The molecule has 20 heavy (non-hydrogen) atoms. The number of rotatable bonds is 6. The van der Waals surface area contributed by atoms with E-state index in [2.05, 4.69) is 0 Å². The van der Waals surface area contributed by atoms with Crippen molar-refractivity contribution >= 4 is 23.1 Å². The molecule has 1 aromatic carbocycles. The van der Waals surface area contributed by atoms with Crippen molar-refractivity contribution in [1.29, 1.82) is 0 Å². The summed E-state index contributed by atoms with van der Waals surface area (Å²) < 4.78 is 0. The molecule has 0 aliphatic heterocycles. The van der Waals surface area contributed by atoms with Gasteiger partial charge in [0.2, 0.25) is 0 Å². The molecule has 6 heteroatoms. The first-order chi connectivity index (χ1) is 9.31. The Kier molecular flexibility index (Phi) is 5.76. The summed E-state index contributed by atoms with van der Waals surface area (Å²) in [7, 11) is 0. The predicted molar refractivity (Wildman–Crippen MR) is 81.9 cm³/mol. The molecule has 0 spiro atoms. The molecule has 1 amide bonds. The van der Waals surface area contributed by atoms with Gasteiger partial charge in [-0.3, -0.25) is 4.79 Å². The number of nitrogens with zero attached hydrogens (tertiary/aromatic N) is 1. The molecule has 0 aliphatic carbocycles. The standard InChI is InChI=1S/C14H20N2O3S/c1-9(2)8-16(6-5-13(15)20)14(19)11-4-3-10(17)7-12(11)18/h3-4,7,9,17-18H,5-6,8H2,1-2H3,(H2,15,20). The largest absolute Gasteiger partial charge is 0.508 e. The van der Waals surface area contributed by atoms with E-state index >= 15 is 0 Å². The molecule has 0 unspecified atom stereocenters. The number of phenols is 2. The van der Waals surface area contributed by atoms with Gasteiger partial charge in [-0.25, -0.2) is 0 Å². The number of thiocarbonyl (C=S) groups is 1. The zero-order valence-electron chi connectivity index (χ0n) is 11.7. The summed E-state index contributed by atoms with van der Waals surface area (Å²) in [6, 6.07) is 3.92. The molecule has 0 saturated heterocycles. The molecule has 0 bridgehead atoms. The van der Waals surface area contributed by atoms with Gasteiger partial charge < -0.3 is 20.8 Å². The minimum absolute atomic E-state index is 0.0856. The molecule has 0 aliphatic rings. The number of amides is 1. The van der Waals surface area contributed by atoms with Crippen LogP contribution in [0.4, 0.5) is 0 Å². The van der Waals surface area contributed by atoms with Crippen LogP contribution in [0.5, 0.6) is 11.5 Å². The summed E-state index contributed by atoms with van der Waals surface area (Å²) in [6.45, 7) is 4.95. The average molecular weight is 296 g/mol. The Morgan fingerprint density at radius 2 is 2.05 bits per heavy atom. The lowest BCUT2D eigenvalue weighted by Gasteiger charge is -2.25. The molecule has 1 rings (SSSR count). The highest BCUT2D eigenvalue weighted by molar-refractivity contribution is 7.80. The van der Waals surface area contributed by atoms with Gasteiger partial charge in [-0.05, 0) is 18.1 Å². The van der Waals surface area contributed by atoms with E-state index < -0.39 is 0 Å². The third-order valence-electron chi connectivity index (χ3n) is 2.71. The van der Waals surface area contributed by atoms with Gasteiger partial charge in [0, 0.05) is 25.6 Å². The Hall–Kier alpha value is -1.82. The number of benzene rings is 1. The Balaban J connectivity index is 2.93. The molecule has 0 aromatic heterocycles. The van der Waals surface area contributed by atoms with Crippen LogP contribution in [0.1, 0.15) is 30.6 Å². The molecule has 5 nitrogen and oxygen atoms in total. The number of phenolic OH excluding ortho intramolecular Hbond substituents is 2. The highest BCUT2D eigenvalue weighted by Gasteiger charge is 2.20. The van der Waals surface area contributed by atoms with Crippen LogP contribution in [0.2, 0.25) is 0 Å². The maximum Gasteiger partial charge on any atom is 0.257 e. The first kappa shape index (κ1) is 16.2. The summed E-state index contributed by atoms with van der Waals surface area (Å²) >= 11 is 4.83. The van der Waals surface area contributed by atoms with Crippen molar-refractivity contribution in [3.63, 3.8) is 0 Å². The fraction of sp³-hybridized carbons (Fsp3) is 0.429. The molecule has 0 heterocycles. The van der Waals surface area contributed by atoms with Gasteiger partial charge in [-0.1, -0.05) is 26.1 Å². The van der Waals surface area contributed by atoms with Crippen LogP contribution < -0.4 is 5.73 Å². The Bertz CT molecular complexity index is 503. The van der Waals surface area contributed by atoms with Crippen molar-refractivity contribution in [3.05, 3.63) is 23.8 Å². The van der Waals surface area contributed by atoms with Crippen LogP contribution in [0.3, 0.4) is 0 Å². The van der Waals surface area contributed by atoms with Crippen LogP contribution in [0.15, 0.2) is 18.2 Å². The zero-order valence-corrected chi connectivity index (χ0v) is 12.5. The molecule has 0 radical (unpaired) electrons.